The minimum Gasteiger partial charge on any atom is -0.271 e. The maximum Gasteiger partial charge on any atom is 0.154 e. The molecule has 3 N–H and O–H groups in total. The fourth-order valence-electron chi connectivity index (χ4n) is 2.54. The molecule has 0 amide bonds. The Bertz CT molecular complexity index is 536. The number of sulfone groups is 1. The zero-order valence-corrected chi connectivity index (χ0v) is 12.1. The molecule has 0 aromatic carbocycles. The lowest BCUT2D eigenvalue weighted by Gasteiger charge is -2.29. The number of hydrazine groups is 1. The van der Waals surface area contributed by atoms with Crippen LogP contribution in [-0.4, -0.2) is 30.4 Å². The maximum absolute atomic E-state index is 12.1. The van der Waals surface area contributed by atoms with E-state index < -0.39 is 15.1 Å². The van der Waals surface area contributed by atoms with Crippen LogP contribution in [0, 0.1) is 0 Å². The van der Waals surface area contributed by atoms with Crippen LogP contribution in [0.1, 0.15) is 24.8 Å². The predicted molar refractivity (Wildman–Crippen MR) is 75.5 cm³/mol. The summed E-state index contributed by atoms with van der Waals surface area (Å²) in [7, 11) is -3.07. The first-order chi connectivity index (χ1) is 9.04. The Labute approximate surface area is 118 Å². The smallest absolute Gasteiger partial charge is 0.154 e. The molecule has 5 nitrogen and oxygen atoms in total. The molecule has 1 saturated heterocycles. The van der Waals surface area contributed by atoms with Crippen LogP contribution in [0.3, 0.4) is 0 Å². The number of nitrogens with two attached hydrogens (primary N) is 1. The first-order valence-electron chi connectivity index (χ1n) is 6.30. The van der Waals surface area contributed by atoms with E-state index in [1.165, 1.54) is 0 Å². The van der Waals surface area contributed by atoms with Crippen molar-refractivity contribution in [1.82, 2.24) is 10.4 Å². The Morgan fingerprint density at radius 3 is 2.95 bits per heavy atom. The van der Waals surface area contributed by atoms with Crippen LogP contribution >= 0.6 is 11.6 Å². The molecule has 7 heteroatoms. The summed E-state index contributed by atoms with van der Waals surface area (Å²) >= 11 is 6.05. The topological polar surface area (TPSA) is 85.1 Å². The number of aromatic nitrogens is 1. The van der Waals surface area contributed by atoms with Crippen molar-refractivity contribution in [2.45, 2.75) is 37.0 Å². The lowest BCUT2D eigenvalue weighted by atomic mass is 10.0. The summed E-state index contributed by atoms with van der Waals surface area (Å²) in [5, 5.41) is 0.103. The summed E-state index contributed by atoms with van der Waals surface area (Å²) in [6.45, 7) is 0. The normalized spacial score (nSPS) is 24.0. The minimum atomic E-state index is -3.07. The Hall–Kier alpha value is -0.690. The molecule has 1 aromatic heterocycles. The molecule has 0 radical (unpaired) electrons. The highest BCUT2D eigenvalue weighted by Crippen LogP contribution is 2.25. The molecule has 0 spiro atoms. The Balaban J connectivity index is 2.18. The minimum absolute atomic E-state index is 0.250. The number of nitrogens with zero attached hydrogens (tertiary/aromatic N) is 1. The van der Waals surface area contributed by atoms with Crippen LogP contribution in [0.5, 0.6) is 0 Å². The standard InChI is InChI=1S/C12H18ClN3O2S/c13-10-8-15-5-4-9(10)7-11(16-14)12-3-1-2-6-19(12,17)18/h4-5,8,11-12,16H,1-3,6-7,14H2. The molecule has 0 bridgehead atoms. The van der Waals surface area contributed by atoms with Crippen LogP contribution in [0.2, 0.25) is 5.02 Å². The SMILES string of the molecule is NNC(Cc1ccncc1Cl)C1CCCCS1(=O)=O. The van der Waals surface area contributed by atoms with E-state index in [2.05, 4.69) is 10.4 Å². The highest BCUT2D eigenvalue weighted by molar-refractivity contribution is 7.92. The third-order valence-corrected chi connectivity index (χ3v) is 6.27. The molecule has 2 rings (SSSR count). The van der Waals surface area contributed by atoms with Gasteiger partial charge in [-0.15, -0.1) is 0 Å². The third-order valence-electron chi connectivity index (χ3n) is 3.59. The molecular formula is C12H18ClN3O2S. The van der Waals surface area contributed by atoms with Gasteiger partial charge in [0.2, 0.25) is 0 Å². The largest absolute Gasteiger partial charge is 0.271 e. The number of rotatable bonds is 4. The second kappa shape index (κ2) is 6.17. The predicted octanol–water partition coefficient (Wildman–Crippen LogP) is 1.08. The van der Waals surface area contributed by atoms with Crippen molar-refractivity contribution in [1.29, 1.82) is 0 Å². The molecule has 0 aliphatic carbocycles. The van der Waals surface area contributed by atoms with Gasteiger partial charge >= 0.3 is 0 Å². The van der Waals surface area contributed by atoms with Crippen LogP contribution < -0.4 is 11.3 Å². The highest BCUT2D eigenvalue weighted by atomic mass is 35.5. The van der Waals surface area contributed by atoms with Crippen molar-refractivity contribution in [3.63, 3.8) is 0 Å². The molecule has 0 saturated carbocycles. The van der Waals surface area contributed by atoms with Crippen molar-refractivity contribution in [2.75, 3.05) is 5.75 Å². The average molecular weight is 304 g/mol. The van der Waals surface area contributed by atoms with E-state index in [1.54, 1.807) is 18.5 Å². The van der Waals surface area contributed by atoms with E-state index in [0.717, 1.165) is 18.4 Å². The number of nitrogens with one attached hydrogen (secondary N) is 1. The van der Waals surface area contributed by atoms with Gasteiger partial charge in [-0.1, -0.05) is 18.0 Å². The summed E-state index contributed by atoms with van der Waals surface area (Å²) < 4.78 is 24.2. The fraction of sp³-hybridized carbons (Fsp3) is 0.583. The van der Waals surface area contributed by atoms with E-state index in [4.69, 9.17) is 17.4 Å². The summed E-state index contributed by atoms with van der Waals surface area (Å²) in [6.07, 6.45) is 6.00. The van der Waals surface area contributed by atoms with Crippen molar-refractivity contribution in [3.05, 3.63) is 29.0 Å². The van der Waals surface area contributed by atoms with Gasteiger partial charge in [-0.05, 0) is 30.9 Å². The van der Waals surface area contributed by atoms with E-state index in [1.807, 2.05) is 0 Å². The van der Waals surface area contributed by atoms with Crippen molar-refractivity contribution in [3.8, 4) is 0 Å². The van der Waals surface area contributed by atoms with Gasteiger partial charge in [-0.25, -0.2) is 8.42 Å². The number of pyridine rings is 1. The van der Waals surface area contributed by atoms with Crippen LogP contribution in [0.15, 0.2) is 18.5 Å². The van der Waals surface area contributed by atoms with E-state index in [-0.39, 0.29) is 11.8 Å². The second-order valence-electron chi connectivity index (χ2n) is 4.85. The van der Waals surface area contributed by atoms with E-state index >= 15 is 0 Å². The molecule has 19 heavy (non-hydrogen) atoms. The number of halogens is 1. The molecule has 1 aliphatic heterocycles. The van der Waals surface area contributed by atoms with Crippen LogP contribution in [-0.2, 0) is 16.3 Å². The highest BCUT2D eigenvalue weighted by Gasteiger charge is 2.35. The van der Waals surface area contributed by atoms with Gasteiger partial charge in [0.25, 0.3) is 0 Å². The zero-order valence-electron chi connectivity index (χ0n) is 10.5. The summed E-state index contributed by atoms with van der Waals surface area (Å²) in [5.41, 5.74) is 3.51. The van der Waals surface area contributed by atoms with Gasteiger partial charge in [0.1, 0.15) is 0 Å². The molecule has 1 aromatic rings. The van der Waals surface area contributed by atoms with Gasteiger partial charge in [-0.3, -0.25) is 16.3 Å². The Morgan fingerprint density at radius 2 is 2.32 bits per heavy atom. The molecule has 1 fully saturated rings. The van der Waals surface area contributed by atoms with E-state index in [9.17, 15) is 8.42 Å². The molecule has 2 atom stereocenters. The van der Waals surface area contributed by atoms with Crippen molar-refractivity contribution < 1.29 is 8.42 Å². The van der Waals surface area contributed by atoms with Gasteiger partial charge < -0.3 is 0 Å². The Kier molecular flexibility index (Phi) is 4.78. The summed E-state index contributed by atoms with van der Waals surface area (Å²) in [4.78, 5) is 3.92. The van der Waals surface area contributed by atoms with Gasteiger partial charge in [0.05, 0.1) is 16.0 Å². The molecule has 2 heterocycles. The lowest BCUT2D eigenvalue weighted by molar-refractivity contribution is 0.440. The van der Waals surface area contributed by atoms with Gasteiger partial charge in [-0.2, -0.15) is 0 Å². The van der Waals surface area contributed by atoms with Crippen molar-refractivity contribution >= 4 is 21.4 Å². The Morgan fingerprint density at radius 1 is 1.53 bits per heavy atom. The quantitative estimate of drug-likeness (QED) is 0.642. The van der Waals surface area contributed by atoms with Crippen LogP contribution in [0.25, 0.3) is 0 Å². The first-order valence-corrected chi connectivity index (χ1v) is 8.40. The average Bonchev–Trinajstić information content (AvgIpc) is 2.38. The summed E-state index contributed by atoms with van der Waals surface area (Å²) in [5.74, 6) is 5.80. The molecule has 1 aliphatic rings. The maximum atomic E-state index is 12.1. The lowest BCUT2D eigenvalue weighted by Crippen LogP contribution is -2.50. The van der Waals surface area contributed by atoms with Crippen molar-refractivity contribution in [2.24, 2.45) is 5.84 Å². The van der Waals surface area contributed by atoms with Gasteiger partial charge in [0.15, 0.2) is 9.84 Å². The molecule has 106 valence electrons. The summed E-state index contributed by atoms with van der Waals surface area (Å²) in [6, 6.07) is 1.48. The molecular weight excluding hydrogens is 286 g/mol. The van der Waals surface area contributed by atoms with Crippen LogP contribution in [0.4, 0.5) is 0 Å². The van der Waals surface area contributed by atoms with E-state index in [0.29, 0.717) is 17.9 Å². The monoisotopic (exact) mass is 303 g/mol. The first kappa shape index (κ1) is 14.7. The number of hydrogen-bond acceptors (Lipinski definition) is 5. The second-order valence-corrected chi connectivity index (χ2v) is 7.59. The fourth-order valence-corrected chi connectivity index (χ4v) is 4.84. The zero-order chi connectivity index (χ0) is 13.9. The third kappa shape index (κ3) is 3.45. The molecule has 2 unspecified atom stereocenters. The number of hydrogen-bond donors (Lipinski definition) is 2. The van der Waals surface area contributed by atoms with Gasteiger partial charge in [0, 0.05) is 18.4 Å².